The van der Waals surface area contributed by atoms with Gasteiger partial charge in [-0.25, -0.2) is 4.39 Å². The summed E-state index contributed by atoms with van der Waals surface area (Å²) in [7, 11) is 0. The Morgan fingerprint density at radius 2 is 1.69 bits per heavy atom. The number of fused-ring (bicyclic) bond motifs is 1. The number of likely N-dealkylation sites (tertiary alicyclic amines) is 1. The number of amides is 4. The van der Waals surface area contributed by atoms with Crippen LogP contribution in [0.15, 0.2) is 36.4 Å². The van der Waals surface area contributed by atoms with E-state index in [1.54, 1.807) is 25.1 Å². The molecule has 0 aromatic heterocycles. The maximum Gasteiger partial charge on any atom is 0.242 e. The average molecular weight is 484 g/mol. The molecule has 1 unspecified atom stereocenters. The van der Waals surface area contributed by atoms with Crippen LogP contribution in [-0.4, -0.2) is 52.1 Å². The van der Waals surface area contributed by atoms with Crippen molar-refractivity contribution in [1.82, 2.24) is 15.1 Å². The van der Waals surface area contributed by atoms with E-state index in [9.17, 15) is 23.6 Å². The summed E-state index contributed by atoms with van der Waals surface area (Å²) in [4.78, 5) is 54.5. The molecule has 7 nitrogen and oxygen atoms in total. The van der Waals surface area contributed by atoms with Crippen LogP contribution < -0.4 is 5.32 Å². The summed E-state index contributed by atoms with van der Waals surface area (Å²) < 4.78 is 14.4. The number of allylic oxidation sites excluding steroid dienone is 2. The molecule has 0 bridgehead atoms. The molecule has 4 rings (SSSR count). The fraction of sp³-hybridized carbons (Fsp3) is 0.556. The molecule has 2 aliphatic carbocycles. The fourth-order valence-electron chi connectivity index (χ4n) is 5.40. The smallest absolute Gasteiger partial charge is 0.242 e. The molecule has 3 aliphatic rings. The lowest BCUT2D eigenvalue weighted by molar-refractivity contribution is -0.144. The molecule has 1 aliphatic heterocycles. The molecule has 35 heavy (non-hydrogen) atoms. The summed E-state index contributed by atoms with van der Waals surface area (Å²) in [5, 5.41) is 3.05. The van der Waals surface area contributed by atoms with Gasteiger partial charge in [-0.3, -0.25) is 24.1 Å². The number of benzene rings is 1. The zero-order valence-corrected chi connectivity index (χ0v) is 20.2. The minimum absolute atomic E-state index is 0.0335. The quantitative estimate of drug-likeness (QED) is 0.454. The van der Waals surface area contributed by atoms with E-state index in [1.165, 1.54) is 15.9 Å². The molecule has 188 valence electrons. The highest BCUT2D eigenvalue weighted by atomic mass is 19.1. The number of hydrogen-bond donors (Lipinski definition) is 1. The van der Waals surface area contributed by atoms with Crippen molar-refractivity contribution in [2.24, 2.45) is 11.8 Å². The molecule has 1 aromatic carbocycles. The Kier molecular flexibility index (Phi) is 7.98. The Morgan fingerprint density at radius 1 is 1.06 bits per heavy atom. The van der Waals surface area contributed by atoms with Gasteiger partial charge in [-0.2, -0.15) is 0 Å². The molecule has 1 heterocycles. The molecule has 1 aromatic rings. The molecule has 0 spiro atoms. The normalized spacial score (nSPS) is 23.2. The molecule has 0 radical (unpaired) electrons. The largest absolute Gasteiger partial charge is 0.352 e. The van der Waals surface area contributed by atoms with Gasteiger partial charge in [0.1, 0.15) is 11.9 Å². The lowest BCUT2D eigenvalue weighted by Gasteiger charge is -2.31. The summed E-state index contributed by atoms with van der Waals surface area (Å²) in [5.74, 6) is -2.29. The van der Waals surface area contributed by atoms with Crippen molar-refractivity contribution >= 4 is 23.6 Å². The lowest BCUT2D eigenvalue weighted by atomic mass is 9.85. The van der Waals surface area contributed by atoms with Crippen molar-refractivity contribution in [1.29, 1.82) is 0 Å². The maximum absolute atomic E-state index is 14.4. The third-order valence-corrected chi connectivity index (χ3v) is 7.57. The average Bonchev–Trinajstić information content (AvgIpc) is 3.11. The van der Waals surface area contributed by atoms with Gasteiger partial charge in [0.2, 0.25) is 23.6 Å². The summed E-state index contributed by atoms with van der Waals surface area (Å²) >= 11 is 0. The van der Waals surface area contributed by atoms with E-state index in [4.69, 9.17) is 0 Å². The summed E-state index contributed by atoms with van der Waals surface area (Å²) in [6, 6.07) is 5.44. The highest BCUT2D eigenvalue weighted by Gasteiger charge is 2.47. The number of rotatable bonds is 8. The van der Waals surface area contributed by atoms with Crippen molar-refractivity contribution in [2.75, 3.05) is 6.54 Å². The SMILES string of the molecule is CC(C(=O)NC1CCCCC1)N(Cc1ccccc1F)C(=O)CCN1C(=O)[C@H]2CC=CC[C@H]2C1=O. The second-order valence-corrected chi connectivity index (χ2v) is 9.87. The van der Waals surface area contributed by atoms with Crippen LogP contribution in [-0.2, 0) is 25.7 Å². The van der Waals surface area contributed by atoms with Crippen molar-refractivity contribution in [2.45, 2.75) is 76.9 Å². The van der Waals surface area contributed by atoms with E-state index >= 15 is 0 Å². The second-order valence-electron chi connectivity index (χ2n) is 9.87. The fourth-order valence-corrected chi connectivity index (χ4v) is 5.40. The number of carbonyl (C=O) groups excluding carboxylic acids is 4. The van der Waals surface area contributed by atoms with Crippen molar-refractivity contribution < 1.29 is 23.6 Å². The highest BCUT2D eigenvalue weighted by molar-refractivity contribution is 6.05. The van der Waals surface area contributed by atoms with E-state index in [0.29, 0.717) is 18.4 Å². The number of nitrogens with zero attached hydrogens (tertiary/aromatic N) is 2. The molecule has 2 fully saturated rings. The van der Waals surface area contributed by atoms with E-state index in [2.05, 4.69) is 5.32 Å². The van der Waals surface area contributed by atoms with E-state index in [-0.39, 0.29) is 55.1 Å². The van der Waals surface area contributed by atoms with Crippen LogP contribution in [0.3, 0.4) is 0 Å². The van der Waals surface area contributed by atoms with E-state index < -0.39 is 17.8 Å². The molecule has 3 atom stereocenters. The molecular weight excluding hydrogens is 449 g/mol. The van der Waals surface area contributed by atoms with Crippen LogP contribution in [0.4, 0.5) is 4.39 Å². The summed E-state index contributed by atoms with van der Waals surface area (Å²) in [6.45, 7) is 1.54. The standard InChI is InChI=1S/C27H34FN3O4/c1-18(25(33)29-20-10-3-2-4-11-20)31(17-19-9-5-8-14-23(19)28)24(32)15-16-30-26(34)21-12-6-7-13-22(21)27(30)35/h5-9,14,18,20-22H,2-4,10-13,15-17H2,1H3,(H,29,33)/t18?,21-,22+. The van der Waals surface area contributed by atoms with Gasteiger partial charge in [0.15, 0.2) is 0 Å². The van der Waals surface area contributed by atoms with Crippen LogP contribution >= 0.6 is 0 Å². The number of hydrogen-bond acceptors (Lipinski definition) is 4. The van der Waals surface area contributed by atoms with Crippen LogP contribution in [0.2, 0.25) is 0 Å². The van der Waals surface area contributed by atoms with Gasteiger partial charge < -0.3 is 10.2 Å². The summed E-state index contributed by atoms with van der Waals surface area (Å²) in [6.07, 6.45) is 9.92. The van der Waals surface area contributed by atoms with Crippen LogP contribution in [0.5, 0.6) is 0 Å². The van der Waals surface area contributed by atoms with Crippen LogP contribution in [0.25, 0.3) is 0 Å². The predicted octanol–water partition coefficient (Wildman–Crippen LogP) is 3.33. The molecule has 4 amide bonds. The van der Waals surface area contributed by atoms with Gasteiger partial charge >= 0.3 is 0 Å². The zero-order chi connectivity index (χ0) is 24.9. The third-order valence-electron chi connectivity index (χ3n) is 7.57. The molecule has 1 saturated heterocycles. The Morgan fingerprint density at radius 3 is 2.31 bits per heavy atom. The number of nitrogens with one attached hydrogen (secondary N) is 1. The molecule has 1 N–H and O–H groups in total. The topological polar surface area (TPSA) is 86.8 Å². The Labute approximate surface area is 205 Å². The first-order valence-corrected chi connectivity index (χ1v) is 12.7. The minimum Gasteiger partial charge on any atom is -0.352 e. The summed E-state index contributed by atoms with van der Waals surface area (Å²) in [5.41, 5.74) is 0.309. The Hall–Kier alpha value is -3.03. The van der Waals surface area contributed by atoms with Gasteiger partial charge in [-0.15, -0.1) is 0 Å². The van der Waals surface area contributed by atoms with E-state index in [1.807, 2.05) is 12.2 Å². The van der Waals surface area contributed by atoms with Crippen molar-refractivity contribution in [3.8, 4) is 0 Å². The Balaban J connectivity index is 1.45. The number of halogens is 1. The molecule has 8 heteroatoms. The Bertz CT molecular complexity index is 978. The molecule has 1 saturated carbocycles. The zero-order valence-electron chi connectivity index (χ0n) is 20.2. The first-order chi connectivity index (χ1) is 16.9. The van der Waals surface area contributed by atoms with Gasteiger partial charge in [0.25, 0.3) is 0 Å². The van der Waals surface area contributed by atoms with Gasteiger partial charge in [-0.05, 0) is 38.7 Å². The highest BCUT2D eigenvalue weighted by Crippen LogP contribution is 2.35. The minimum atomic E-state index is -0.819. The van der Waals surface area contributed by atoms with Crippen LogP contribution in [0, 0.1) is 17.7 Å². The van der Waals surface area contributed by atoms with Crippen molar-refractivity contribution in [3.05, 3.63) is 47.8 Å². The first-order valence-electron chi connectivity index (χ1n) is 12.7. The van der Waals surface area contributed by atoms with Gasteiger partial charge in [0.05, 0.1) is 11.8 Å². The van der Waals surface area contributed by atoms with Crippen LogP contribution in [0.1, 0.15) is 63.9 Å². The van der Waals surface area contributed by atoms with Crippen molar-refractivity contribution in [3.63, 3.8) is 0 Å². The van der Waals surface area contributed by atoms with Gasteiger partial charge in [-0.1, -0.05) is 49.6 Å². The molecular formula is C27H34FN3O4. The first kappa shape index (κ1) is 25.1. The third kappa shape index (κ3) is 5.63. The number of carbonyl (C=O) groups is 4. The number of imide groups is 1. The second kappa shape index (κ2) is 11.1. The van der Waals surface area contributed by atoms with E-state index in [0.717, 1.165) is 32.1 Å². The maximum atomic E-state index is 14.4. The monoisotopic (exact) mass is 483 g/mol. The lowest BCUT2D eigenvalue weighted by Crippen LogP contribution is -2.51. The van der Waals surface area contributed by atoms with Gasteiger partial charge in [0, 0.05) is 31.1 Å². The predicted molar refractivity (Wildman–Crippen MR) is 128 cm³/mol.